The summed E-state index contributed by atoms with van der Waals surface area (Å²) >= 11 is 0. The van der Waals surface area contributed by atoms with Crippen LogP contribution >= 0.6 is 0 Å². The molecule has 0 fully saturated rings. The van der Waals surface area contributed by atoms with Crippen LogP contribution in [0.15, 0.2) is 48.8 Å². The average molecular weight is 318 g/mol. The van der Waals surface area contributed by atoms with Crippen LogP contribution in [0.1, 0.15) is 17.5 Å². The summed E-state index contributed by atoms with van der Waals surface area (Å²) in [5.74, 6) is 1.64. The summed E-state index contributed by atoms with van der Waals surface area (Å²) in [6.07, 6.45) is 3.50. The third kappa shape index (κ3) is 3.61. The predicted octanol–water partition coefficient (Wildman–Crippen LogP) is 3.55. The smallest absolute Gasteiger partial charge is 0.137 e. The van der Waals surface area contributed by atoms with Crippen LogP contribution in [-0.4, -0.2) is 23.6 Å². The minimum absolute atomic E-state index is 0.610. The lowest BCUT2D eigenvalue weighted by Gasteiger charge is -2.09. The average Bonchev–Trinajstić information content (AvgIpc) is 2.65. The Morgan fingerprint density at radius 2 is 1.96 bits per heavy atom. The van der Waals surface area contributed by atoms with E-state index in [2.05, 4.69) is 33.5 Å². The van der Waals surface area contributed by atoms with Crippen molar-refractivity contribution in [1.82, 2.24) is 9.97 Å². The van der Waals surface area contributed by atoms with Gasteiger partial charge in [0.2, 0.25) is 0 Å². The molecule has 24 heavy (non-hydrogen) atoms. The maximum absolute atomic E-state index is 9.05. The molecule has 3 aromatic rings. The number of aromatic nitrogens is 2. The van der Waals surface area contributed by atoms with Crippen molar-refractivity contribution < 1.29 is 4.74 Å². The molecule has 120 valence electrons. The molecule has 0 aliphatic rings. The first kappa shape index (κ1) is 15.8. The molecule has 0 aliphatic carbocycles. The number of hydrogen-bond acceptors (Lipinski definition) is 5. The summed E-state index contributed by atoms with van der Waals surface area (Å²) in [5.41, 5.74) is 2.72. The molecule has 3 rings (SSSR count). The van der Waals surface area contributed by atoms with Gasteiger partial charge in [0.05, 0.1) is 24.3 Å². The third-order valence-corrected chi connectivity index (χ3v) is 3.86. The van der Waals surface area contributed by atoms with E-state index in [1.54, 1.807) is 19.5 Å². The molecular weight excluding hydrogens is 300 g/mol. The van der Waals surface area contributed by atoms with Crippen LogP contribution in [0.2, 0.25) is 0 Å². The minimum Gasteiger partial charge on any atom is -0.497 e. The monoisotopic (exact) mass is 318 g/mol. The number of benzene rings is 2. The van der Waals surface area contributed by atoms with Crippen LogP contribution in [-0.2, 0) is 6.42 Å². The SMILES string of the molecule is COc1ccc(CCCNc2ncnc3ccc(C#N)cc23)cc1. The zero-order valence-electron chi connectivity index (χ0n) is 13.5. The van der Waals surface area contributed by atoms with Crippen LogP contribution in [0.25, 0.3) is 10.9 Å². The van der Waals surface area contributed by atoms with Crippen molar-refractivity contribution in [2.45, 2.75) is 12.8 Å². The Morgan fingerprint density at radius 3 is 2.71 bits per heavy atom. The first-order valence-electron chi connectivity index (χ1n) is 7.82. The number of anilines is 1. The van der Waals surface area contributed by atoms with E-state index >= 15 is 0 Å². The molecule has 1 aromatic heterocycles. The van der Waals surface area contributed by atoms with Gasteiger partial charge >= 0.3 is 0 Å². The number of methoxy groups -OCH3 is 1. The molecule has 1 N–H and O–H groups in total. The van der Waals surface area contributed by atoms with Crippen molar-refractivity contribution >= 4 is 16.7 Å². The number of hydrogen-bond donors (Lipinski definition) is 1. The van der Waals surface area contributed by atoms with Gasteiger partial charge in [0, 0.05) is 11.9 Å². The maximum atomic E-state index is 9.05. The van der Waals surface area contributed by atoms with Gasteiger partial charge in [-0.05, 0) is 48.7 Å². The lowest BCUT2D eigenvalue weighted by molar-refractivity contribution is 0.414. The first-order chi connectivity index (χ1) is 11.8. The Bertz CT molecular complexity index is 869. The van der Waals surface area contributed by atoms with Gasteiger partial charge in [0.1, 0.15) is 17.9 Å². The van der Waals surface area contributed by atoms with Crippen LogP contribution < -0.4 is 10.1 Å². The van der Waals surface area contributed by atoms with Gasteiger partial charge in [-0.3, -0.25) is 0 Å². The highest BCUT2D eigenvalue weighted by atomic mass is 16.5. The number of ether oxygens (including phenoxy) is 1. The number of fused-ring (bicyclic) bond motifs is 1. The van der Waals surface area contributed by atoms with Crippen molar-refractivity contribution in [3.05, 3.63) is 59.9 Å². The van der Waals surface area contributed by atoms with Crippen molar-refractivity contribution in [2.24, 2.45) is 0 Å². The highest BCUT2D eigenvalue weighted by Crippen LogP contribution is 2.20. The summed E-state index contributed by atoms with van der Waals surface area (Å²) < 4.78 is 5.16. The Morgan fingerprint density at radius 1 is 1.12 bits per heavy atom. The fourth-order valence-electron chi connectivity index (χ4n) is 2.56. The Balaban J connectivity index is 1.62. The molecule has 5 nitrogen and oxygen atoms in total. The number of nitrogens with zero attached hydrogens (tertiary/aromatic N) is 3. The number of aryl methyl sites for hydroxylation is 1. The molecule has 0 spiro atoms. The quantitative estimate of drug-likeness (QED) is 0.704. The molecule has 0 aliphatic heterocycles. The molecular formula is C19H18N4O. The second-order valence-electron chi connectivity index (χ2n) is 5.44. The van der Waals surface area contributed by atoms with E-state index in [4.69, 9.17) is 10.00 Å². The molecule has 0 radical (unpaired) electrons. The van der Waals surface area contributed by atoms with Crippen molar-refractivity contribution in [1.29, 1.82) is 5.26 Å². The molecule has 0 amide bonds. The Kier molecular flexibility index (Phi) is 4.87. The van der Waals surface area contributed by atoms with E-state index in [-0.39, 0.29) is 0 Å². The highest BCUT2D eigenvalue weighted by Gasteiger charge is 2.04. The van der Waals surface area contributed by atoms with E-state index in [0.29, 0.717) is 5.56 Å². The van der Waals surface area contributed by atoms with E-state index in [1.165, 1.54) is 5.56 Å². The van der Waals surface area contributed by atoms with E-state index in [9.17, 15) is 0 Å². The fourth-order valence-corrected chi connectivity index (χ4v) is 2.56. The highest BCUT2D eigenvalue weighted by molar-refractivity contribution is 5.89. The van der Waals surface area contributed by atoms with Gasteiger partial charge in [0.25, 0.3) is 0 Å². The number of rotatable bonds is 6. The van der Waals surface area contributed by atoms with Crippen LogP contribution in [0, 0.1) is 11.3 Å². The summed E-state index contributed by atoms with van der Waals surface area (Å²) in [6.45, 7) is 0.801. The summed E-state index contributed by atoms with van der Waals surface area (Å²) in [6, 6.07) is 15.7. The van der Waals surface area contributed by atoms with Crippen molar-refractivity contribution in [2.75, 3.05) is 19.0 Å². The molecule has 1 heterocycles. The molecule has 0 atom stereocenters. The lowest BCUT2D eigenvalue weighted by atomic mass is 10.1. The topological polar surface area (TPSA) is 70.8 Å². The van der Waals surface area contributed by atoms with E-state index in [1.807, 2.05) is 24.3 Å². The lowest BCUT2D eigenvalue weighted by Crippen LogP contribution is -2.05. The Labute approximate surface area is 140 Å². The molecule has 0 saturated heterocycles. The van der Waals surface area contributed by atoms with Gasteiger partial charge in [0.15, 0.2) is 0 Å². The Hall–Kier alpha value is -3.13. The van der Waals surface area contributed by atoms with Crippen LogP contribution in [0.4, 0.5) is 5.82 Å². The number of nitrogens with one attached hydrogen (secondary N) is 1. The largest absolute Gasteiger partial charge is 0.497 e. The molecule has 0 saturated carbocycles. The van der Waals surface area contributed by atoms with Crippen molar-refractivity contribution in [3.63, 3.8) is 0 Å². The van der Waals surface area contributed by atoms with Crippen LogP contribution in [0.3, 0.4) is 0 Å². The zero-order chi connectivity index (χ0) is 16.8. The van der Waals surface area contributed by atoms with Gasteiger partial charge in [-0.25, -0.2) is 9.97 Å². The van der Waals surface area contributed by atoms with Crippen molar-refractivity contribution in [3.8, 4) is 11.8 Å². The molecule has 0 unspecified atom stereocenters. The minimum atomic E-state index is 0.610. The normalized spacial score (nSPS) is 10.3. The van der Waals surface area contributed by atoms with Gasteiger partial charge in [-0.1, -0.05) is 12.1 Å². The standard InChI is InChI=1S/C19H18N4O/c1-24-16-7-4-14(5-8-16)3-2-10-21-19-17-11-15(12-20)6-9-18(17)22-13-23-19/h4-9,11,13H,2-3,10H2,1H3,(H,21,22,23). The molecule has 2 aromatic carbocycles. The summed E-state index contributed by atoms with van der Waals surface area (Å²) in [4.78, 5) is 8.54. The second kappa shape index (κ2) is 7.42. The zero-order valence-corrected chi connectivity index (χ0v) is 13.5. The second-order valence-corrected chi connectivity index (χ2v) is 5.44. The summed E-state index contributed by atoms with van der Waals surface area (Å²) in [5, 5.41) is 13.3. The fraction of sp³-hybridized carbons (Fsp3) is 0.211. The molecule has 5 heteroatoms. The van der Waals surface area contributed by atoms with Gasteiger partial charge in [-0.2, -0.15) is 5.26 Å². The third-order valence-electron chi connectivity index (χ3n) is 3.86. The maximum Gasteiger partial charge on any atom is 0.137 e. The molecule has 0 bridgehead atoms. The van der Waals surface area contributed by atoms with E-state index < -0.39 is 0 Å². The van der Waals surface area contributed by atoms with Gasteiger partial charge < -0.3 is 10.1 Å². The number of nitriles is 1. The van der Waals surface area contributed by atoms with Gasteiger partial charge in [-0.15, -0.1) is 0 Å². The van der Waals surface area contributed by atoms with E-state index in [0.717, 1.165) is 41.9 Å². The van der Waals surface area contributed by atoms with Crippen LogP contribution in [0.5, 0.6) is 5.75 Å². The first-order valence-corrected chi connectivity index (χ1v) is 7.82. The summed E-state index contributed by atoms with van der Waals surface area (Å²) in [7, 11) is 1.67. The predicted molar refractivity (Wildman–Crippen MR) is 94.1 cm³/mol.